The minimum Gasteiger partial charge on any atom is -0.466 e. The summed E-state index contributed by atoms with van der Waals surface area (Å²) >= 11 is 1.63. The van der Waals surface area contributed by atoms with Crippen molar-refractivity contribution >= 4 is 39.3 Å². The Bertz CT molecular complexity index is 1280. The summed E-state index contributed by atoms with van der Waals surface area (Å²) in [7, 11) is 0. The zero-order valence-electron chi connectivity index (χ0n) is 20.9. The molecule has 1 atom stereocenters. The monoisotopic (exact) mass is 537 g/mol. The Morgan fingerprint density at radius 3 is 2.76 bits per heavy atom. The number of piperidine rings is 1. The van der Waals surface area contributed by atoms with E-state index in [0.717, 1.165) is 47.0 Å². The maximum absolute atomic E-state index is 13.3. The van der Waals surface area contributed by atoms with Gasteiger partial charge in [0.25, 0.3) is 0 Å². The molecule has 0 N–H and O–H groups in total. The van der Waals surface area contributed by atoms with Crippen molar-refractivity contribution in [1.82, 2.24) is 24.7 Å². The molecule has 5 rings (SSSR count). The number of aryl methyl sites for hydroxylation is 1. The van der Waals surface area contributed by atoms with Crippen molar-refractivity contribution in [3.05, 3.63) is 22.6 Å². The number of carbonyl (C=O) groups is 1. The molecule has 1 saturated heterocycles. The van der Waals surface area contributed by atoms with Gasteiger partial charge in [0.2, 0.25) is 11.8 Å². The van der Waals surface area contributed by atoms with Gasteiger partial charge >= 0.3 is 12.1 Å². The van der Waals surface area contributed by atoms with Gasteiger partial charge in [-0.05, 0) is 38.2 Å². The van der Waals surface area contributed by atoms with Crippen LogP contribution in [0.25, 0.3) is 10.2 Å². The molecule has 200 valence electrons. The first-order chi connectivity index (χ1) is 17.8. The van der Waals surface area contributed by atoms with Gasteiger partial charge in [-0.3, -0.25) is 4.79 Å². The van der Waals surface area contributed by atoms with Crippen molar-refractivity contribution in [3.63, 3.8) is 0 Å². The van der Waals surface area contributed by atoms with E-state index in [1.165, 1.54) is 4.88 Å². The number of carbonyl (C=O) groups excluding carboxylic acids is 1. The summed E-state index contributed by atoms with van der Waals surface area (Å²) in [5.74, 6) is 0.562. The van der Waals surface area contributed by atoms with Crippen molar-refractivity contribution in [2.45, 2.75) is 65.2 Å². The molecule has 1 unspecified atom stereocenters. The Labute approximate surface area is 216 Å². The zero-order chi connectivity index (χ0) is 26.2. The van der Waals surface area contributed by atoms with Crippen LogP contribution in [0.4, 0.5) is 24.9 Å². The van der Waals surface area contributed by atoms with Gasteiger partial charge < -0.3 is 19.1 Å². The van der Waals surface area contributed by atoms with E-state index in [1.807, 2.05) is 4.90 Å². The number of fused-ring (bicyclic) bond motifs is 2. The van der Waals surface area contributed by atoms with Crippen LogP contribution in [0.2, 0.25) is 0 Å². The van der Waals surface area contributed by atoms with Crippen LogP contribution in [0.3, 0.4) is 0 Å². The fourth-order valence-electron chi connectivity index (χ4n) is 5.11. The lowest BCUT2D eigenvalue weighted by Gasteiger charge is -2.34. The van der Waals surface area contributed by atoms with E-state index in [0.29, 0.717) is 37.9 Å². The molecule has 3 aromatic rings. The SMILES string of the molecule is CCCc1cc2c(N3CCn4c(nnc4C(F)(F)F)C3)nc(N3CCCC(CC(=O)OCC)C3)nc2s1. The molecule has 9 nitrogen and oxygen atoms in total. The summed E-state index contributed by atoms with van der Waals surface area (Å²) in [6, 6.07) is 2.10. The van der Waals surface area contributed by atoms with Crippen LogP contribution in [0.15, 0.2) is 6.07 Å². The van der Waals surface area contributed by atoms with Crippen molar-refractivity contribution in [2.75, 3.05) is 36.0 Å². The summed E-state index contributed by atoms with van der Waals surface area (Å²) in [5, 5.41) is 8.15. The molecule has 13 heteroatoms. The molecule has 5 heterocycles. The van der Waals surface area contributed by atoms with Gasteiger partial charge in [0.15, 0.2) is 5.82 Å². The van der Waals surface area contributed by atoms with Gasteiger partial charge in [-0.25, -0.2) is 4.98 Å². The fraction of sp³-hybridized carbons (Fsp3) is 0.625. The highest BCUT2D eigenvalue weighted by Crippen LogP contribution is 2.37. The highest BCUT2D eigenvalue weighted by Gasteiger charge is 2.40. The van der Waals surface area contributed by atoms with Gasteiger partial charge in [0.05, 0.1) is 25.0 Å². The standard InChI is InChI=1S/C24H30F3N7O2S/c1-3-6-16-12-17-20(32-9-10-34-18(14-32)30-31-22(34)24(25,26)27)28-23(29-21(17)37-16)33-8-5-7-15(13-33)11-19(35)36-4-2/h12,15H,3-11,13-14H2,1-2H3. The molecule has 0 spiro atoms. The third kappa shape index (κ3) is 5.36. The molecule has 0 aliphatic carbocycles. The number of hydrogen-bond acceptors (Lipinski definition) is 9. The number of aromatic nitrogens is 5. The second kappa shape index (κ2) is 10.4. The Balaban J connectivity index is 1.46. The summed E-state index contributed by atoms with van der Waals surface area (Å²) in [6.45, 7) is 6.37. The molecule has 0 radical (unpaired) electrons. The summed E-state index contributed by atoms with van der Waals surface area (Å²) < 4.78 is 46.3. The van der Waals surface area contributed by atoms with Crippen LogP contribution in [-0.2, 0) is 35.2 Å². The predicted molar refractivity (Wildman–Crippen MR) is 134 cm³/mol. The molecule has 3 aromatic heterocycles. The molecular formula is C24H30F3N7O2S. The number of nitrogens with zero attached hydrogens (tertiary/aromatic N) is 7. The van der Waals surface area contributed by atoms with E-state index in [9.17, 15) is 18.0 Å². The van der Waals surface area contributed by atoms with E-state index in [1.54, 1.807) is 18.3 Å². The molecule has 0 saturated carbocycles. The molecule has 0 aromatic carbocycles. The second-order valence-electron chi connectivity index (χ2n) is 9.50. The quantitative estimate of drug-likeness (QED) is 0.409. The Kier molecular flexibility index (Phi) is 7.24. The number of anilines is 2. The Morgan fingerprint density at radius 1 is 1.16 bits per heavy atom. The van der Waals surface area contributed by atoms with Crippen molar-refractivity contribution < 1.29 is 22.7 Å². The van der Waals surface area contributed by atoms with Crippen LogP contribution in [0, 0.1) is 5.92 Å². The first-order valence-electron chi connectivity index (χ1n) is 12.7. The number of ether oxygens (including phenoxy) is 1. The number of thiophene rings is 1. The van der Waals surface area contributed by atoms with Gasteiger partial charge in [-0.2, -0.15) is 18.2 Å². The van der Waals surface area contributed by atoms with Gasteiger partial charge in [-0.15, -0.1) is 21.5 Å². The lowest BCUT2D eigenvalue weighted by molar-refractivity contribution is -0.147. The first-order valence-corrected chi connectivity index (χ1v) is 13.5. The topological polar surface area (TPSA) is 89.3 Å². The normalized spacial score (nSPS) is 18.4. The maximum Gasteiger partial charge on any atom is 0.451 e. The van der Waals surface area contributed by atoms with Gasteiger partial charge in [-0.1, -0.05) is 13.3 Å². The first kappa shape index (κ1) is 25.7. The number of esters is 1. The number of alkyl halides is 3. The highest BCUT2D eigenvalue weighted by molar-refractivity contribution is 7.18. The van der Waals surface area contributed by atoms with E-state index in [-0.39, 0.29) is 30.8 Å². The lowest BCUT2D eigenvalue weighted by Crippen LogP contribution is -2.39. The minimum absolute atomic E-state index is 0.120. The predicted octanol–water partition coefficient (Wildman–Crippen LogP) is 4.44. The largest absolute Gasteiger partial charge is 0.466 e. The van der Waals surface area contributed by atoms with Gasteiger partial charge in [0.1, 0.15) is 10.6 Å². The van der Waals surface area contributed by atoms with Crippen LogP contribution >= 0.6 is 11.3 Å². The number of halogens is 3. The molecule has 2 aliphatic heterocycles. The van der Waals surface area contributed by atoms with Crippen LogP contribution in [0.5, 0.6) is 0 Å². The second-order valence-corrected chi connectivity index (χ2v) is 10.6. The lowest BCUT2D eigenvalue weighted by atomic mass is 9.95. The van der Waals surface area contributed by atoms with E-state index in [2.05, 4.69) is 28.1 Å². The van der Waals surface area contributed by atoms with E-state index < -0.39 is 12.0 Å². The molecular weight excluding hydrogens is 507 g/mol. The molecule has 0 amide bonds. The van der Waals surface area contributed by atoms with Crippen LogP contribution < -0.4 is 9.80 Å². The summed E-state index contributed by atoms with van der Waals surface area (Å²) in [6.07, 6.45) is -0.406. The maximum atomic E-state index is 13.3. The van der Waals surface area contributed by atoms with Crippen molar-refractivity contribution in [3.8, 4) is 0 Å². The molecule has 0 bridgehead atoms. The molecule has 2 aliphatic rings. The van der Waals surface area contributed by atoms with Crippen molar-refractivity contribution in [1.29, 1.82) is 0 Å². The third-order valence-electron chi connectivity index (χ3n) is 6.78. The van der Waals surface area contributed by atoms with Crippen molar-refractivity contribution in [2.24, 2.45) is 5.92 Å². The Hall–Kier alpha value is -2.96. The van der Waals surface area contributed by atoms with E-state index >= 15 is 0 Å². The fourth-order valence-corrected chi connectivity index (χ4v) is 6.23. The molecule has 37 heavy (non-hydrogen) atoms. The average Bonchev–Trinajstić information content (AvgIpc) is 3.47. The summed E-state index contributed by atoms with van der Waals surface area (Å²) in [4.78, 5) is 28.1. The minimum atomic E-state index is -4.54. The smallest absolute Gasteiger partial charge is 0.451 e. The van der Waals surface area contributed by atoms with Gasteiger partial charge in [0, 0.05) is 31.1 Å². The number of rotatable bonds is 7. The van der Waals surface area contributed by atoms with Crippen LogP contribution in [-0.4, -0.2) is 56.9 Å². The Morgan fingerprint density at radius 2 is 2.00 bits per heavy atom. The molecule has 1 fully saturated rings. The number of hydrogen-bond donors (Lipinski definition) is 0. The zero-order valence-corrected chi connectivity index (χ0v) is 21.7. The summed E-state index contributed by atoms with van der Waals surface area (Å²) in [5.41, 5.74) is 0. The highest BCUT2D eigenvalue weighted by atomic mass is 32.1. The third-order valence-corrected chi connectivity index (χ3v) is 7.87. The average molecular weight is 538 g/mol. The van der Waals surface area contributed by atoms with E-state index in [4.69, 9.17) is 14.7 Å². The van der Waals surface area contributed by atoms with Crippen LogP contribution in [0.1, 0.15) is 56.1 Å².